The van der Waals surface area contributed by atoms with Crippen LogP contribution >= 0.6 is 0 Å². The van der Waals surface area contributed by atoms with Crippen LogP contribution < -0.4 is 0 Å². The highest BCUT2D eigenvalue weighted by Crippen LogP contribution is 2.39. The third-order valence-electron chi connectivity index (χ3n) is 4.89. The fourth-order valence-electron chi connectivity index (χ4n) is 3.48. The summed E-state index contributed by atoms with van der Waals surface area (Å²) < 4.78 is 0. The minimum atomic E-state index is 0.369. The summed E-state index contributed by atoms with van der Waals surface area (Å²) in [7, 11) is 0. The quantitative estimate of drug-likeness (QED) is 0.729. The molecule has 17 heavy (non-hydrogen) atoms. The molecule has 3 heteroatoms. The third kappa shape index (κ3) is 2.35. The first-order chi connectivity index (χ1) is 8.25. The number of carbonyl (C=O) groups excluding carboxylic acids is 1. The predicted octanol–water partition coefficient (Wildman–Crippen LogP) is 1.73. The van der Waals surface area contributed by atoms with Gasteiger partial charge in [0.1, 0.15) is 0 Å². The standard InChI is InChI=1S/C14H24N2O/c1-11-10-13(11)14(17)16-8-6-15(7-9-16)12-4-2-3-5-12/h11-13H,2-10H2,1H3. The Balaban J connectivity index is 1.48. The molecule has 0 aromatic heterocycles. The van der Waals surface area contributed by atoms with E-state index in [-0.39, 0.29) is 0 Å². The van der Waals surface area contributed by atoms with E-state index in [4.69, 9.17) is 0 Å². The first kappa shape index (κ1) is 11.5. The van der Waals surface area contributed by atoms with Gasteiger partial charge in [-0.05, 0) is 25.2 Å². The number of piperazine rings is 1. The van der Waals surface area contributed by atoms with Gasteiger partial charge in [-0.3, -0.25) is 9.69 Å². The zero-order valence-electron chi connectivity index (χ0n) is 10.9. The van der Waals surface area contributed by atoms with E-state index in [0.717, 1.165) is 38.6 Å². The lowest BCUT2D eigenvalue weighted by Gasteiger charge is -2.38. The molecule has 2 aliphatic carbocycles. The summed E-state index contributed by atoms with van der Waals surface area (Å²) in [5, 5.41) is 0. The topological polar surface area (TPSA) is 23.6 Å². The SMILES string of the molecule is CC1CC1C(=O)N1CCN(C2CCCC2)CC1. The second-order valence-corrected chi connectivity index (χ2v) is 6.12. The van der Waals surface area contributed by atoms with Gasteiger partial charge in [-0.15, -0.1) is 0 Å². The highest BCUT2D eigenvalue weighted by molar-refractivity contribution is 5.81. The van der Waals surface area contributed by atoms with Crippen LogP contribution in [0.15, 0.2) is 0 Å². The van der Waals surface area contributed by atoms with E-state index in [1.165, 1.54) is 25.7 Å². The lowest BCUT2D eigenvalue weighted by molar-refractivity contribution is -0.134. The van der Waals surface area contributed by atoms with E-state index in [2.05, 4.69) is 16.7 Å². The highest BCUT2D eigenvalue weighted by Gasteiger charge is 2.42. The van der Waals surface area contributed by atoms with E-state index in [1.54, 1.807) is 0 Å². The van der Waals surface area contributed by atoms with Crippen LogP contribution in [0.4, 0.5) is 0 Å². The zero-order chi connectivity index (χ0) is 11.8. The molecule has 3 nitrogen and oxygen atoms in total. The van der Waals surface area contributed by atoms with Gasteiger partial charge in [-0.1, -0.05) is 19.8 Å². The van der Waals surface area contributed by atoms with Crippen LogP contribution in [0.2, 0.25) is 0 Å². The first-order valence-corrected chi connectivity index (χ1v) is 7.28. The second kappa shape index (κ2) is 4.60. The number of hydrogen-bond acceptors (Lipinski definition) is 2. The average molecular weight is 236 g/mol. The van der Waals surface area contributed by atoms with Gasteiger partial charge in [-0.2, -0.15) is 0 Å². The highest BCUT2D eigenvalue weighted by atomic mass is 16.2. The fourth-order valence-corrected chi connectivity index (χ4v) is 3.48. The van der Waals surface area contributed by atoms with Crippen LogP contribution in [-0.2, 0) is 4.79 Å². The van der Waals surface area contributed by atoms with Crippen molar-refractivity contribution in [3.05, 3.63) is 0 Å². The molecule has 2 saturated carbocycles. The summed E-state index contributed by atoms with van der Waals surface area (Å²) in [6.07, 6.45) is 6.70. The first-order valence-electron chi connectivity index (χ1n) is 7.28. The molecule has 2 atom stereocenters. The summed E-state index contributed by atoms with van der Waals surface area (Å²) in [6.45, 7) is 6.35. The van der Waals surface area contributed by atoms with Gasteiger partial charge in [0.05, 0.1) is 0 Å². The number of hydrogen-bond donors (Lipinski definition) is 0. The van der Waals surface area contributed by atoms with Crippen molar-refractivity contribution in [2.45, 2.75) is 45.1 Å². The Morgan fingerprint density at radius 3 is 2.18 bits per heavy atom. The summed E-state index contributed by atoms with van der Waals surface area (Å²) in [4.78, 5) is 16.8. The molecule has 1 heterocycles. The van der Waals surface area contributed by atoms with E-state index < -0.39 is 0 Å². The Kier molecular flexibility index (Phi) is 3.12. The lowest BCUT2D eigenvalue weighted by Crippen LogP contribution is -2.51. The molecule has 96 valence electrons. The number of nitrogens with zero attached hydrogens (tertiary/aromatic N) is 2. The van der Waals surface area contributed by atoms with Crippen molar-refractivity contribution in [1.82, 2.24) is 9.80 Å². The maximum absolute atomic E-state index is 12.1. The minimum Gasteiger partial charge on any atom is -0.340 e. The van der Waals surface area contributed by atoms with Gasteiger partial charge in [0.25, 0.3) is 0 Å². The maximum atomic E-state index is 12.1. The third-order valence-corrected chi connectivity index (χ3v) is 4.89. The molecular weight excluding hydrogens is 212 g/mol. The fraction of sp³-hybridized carbons (Fsp3) is 0.929. The van der Waals surface area contributed by atoms with Crippen molar-refractivity contribution in [3.63, 3.8) is 0 Å². The van der Waals surface area contributed by atoms with Crippen molar-refractivity contribution in [3.8, 4) is 0 Å². The van der Waals surface area contributed by atoms with Gasteiger partial charge >= 0.3 is 0 Å². The normalized spacial score (nSPS) is 35.2. The van der Waals surface area contributed by atoms with Crippen molar-refractivity contribution < 1.29 is 4.79 Å². The van der Waals surface area contributed by atoms with Gasteiger partial charge in [0.2, 0.25) is 5.91 Å². The molecule has 0 radical (unpaired) electrons. The van der Waals surface area contributed by atoms with Crippen LogP contribution in [0.1, 0.15) is 39.0 Å². The van der Waals surface area contributed by atoms with Crippen molar-refractivity contribution in [1.29, 1.82) is 0 Å². The molecule has 0 aromatic rings. The Labute approximate surface area is 104 Å². The smallest absolute Gasteiger partial charge is 0.226 e. The molecule has 1 saturated heterocycles. The van der Waals surface area contributed by atoms with Crippen LogP contribution in [0.25, 0.3) is 0 Å². The molecule has 0 bridgehead atoms. The maximum Gasteiger partial charge on any atom is 0.226 e. The van der Waals surface area contributed by atoms with Crippen LogP contribution in [0, 0.1) is 11.8 Å². The Bertz CT molecular complexity index is 291. The van der Waals surface area contributed by atoms with Gasteiger partial charge in [0, 0.05) is 38.1 Å². The van der Waals surface area contributed by atoms with Crippen LogP contribution in [-0.4, -0.2) is 47.9 Å². The molecule has 3 fully saturated rings. The minimum absolute atomic E-state index is 0.369. The van der Waals surface area contributed by atoms with Gasteiger partial charge < -0.3 is 4.90 Å². The lowest BCUT2D eigenvalue weighted by atomic mass is 10.1. The van der Waals surface area contributed by atoms with E-state index in [9.17, 15) is 4.79 Å². The van der Waals surface area contributed by atoms with Gasteiger partial charge in [-0.25, -0.2) is 0 Å². The number of carbonyl (C=O) groups is 1. The van der Waals surface area contributed by atoms with Crippen molar-refractivity contribution in [2.75, 3.05) is 26.2 Å². The number of rotatable bonds is 2. The largest absolute Gasteiger partial charge is 0.340 e. The molecule has 1 amide bonds. The summed E-state index contributed by atoms with van der Waals surface area (Å²) in [6, 6.07) is 0.826. The van der Waals surface area contributed by atoms with Crippen molar-refractivity contribution in [2.24, 2.45) is 11.8 Å². The number of amides is 1. The van der Waals surface area contributed by atoms with E-state index in [0.29, 0.717) is 17.7 Å². The van der Waals surface area contributed by atoms with E-state index >= 15 is 0 Å². The molecule has 0 N–H and O–H groups in total. The van der Waals surface area contributed by atoms with E-state index in [1.807, 2.05) is 0 Å². The average Bonchev–Trinajstić information content (AvgIpc) is 2.88. The Morgan fingerprint density at radius 2 is 1.65 bits per heavy atom. The predicted molar refractivity (Wildman–Crippen MR) is 67.7 cm³/mol. The van der Waals surface area contributed by atoms with Crippen LogP contribution in [0.5, 0.6) is 0 Å². The molecule has 0 spiro atoms. The summed E-state index contributed by atoms with van der Waals surface area (Å²) in [5.74, 6) is 1.45. The summed E-state index contributed by atoms with van der Waals surface area (Å²) >= 11 is 0. The van der Waals surface area contributed by atoms with Crippen molar-refractivity contribution >= 4 is 5.91 Å². The molecule has 3 rings (SSSR count). The monoisotopic (exact) mass is 236 g/mol. The summed E-state index contributed by atoms with van der Waals surface area (Å²) in [5.41, 5.74) is 0. The molecular formula is C14H24N2O. The van der Waals surface area contributed by atoms with Gasteiger partial charge in [0.15, 0.2) is 0 Å². The van der Waals surface area contributed by atoms with Crippen LogP contribution in [0.3, 0.4) is 0 Å². The Hall–Kier alpha value is -0.570. The Morgan fingerprint density at radius 1 is 1.06 bits per heavy atom. The molecule has 1 aliphatic heterocycles. The molecule has 3 aliphatic rings. The second-order valence-electron chi connectivity index (χ2n) is 6.12. The molecule has 0 aromatic carbocycles. The molecule has 2 unspecified atom stereocenters. The zero-order valence-corrected chi connectivity index (χ0v) is 10.9.